The van der Waals surface area contributed by atoms with Crippen molar-refractivity contribution in [2.24, 2.45) is 0 Å². The average molecular weight is 408 g/mol. The zero-order chi connectivity index (χ0) is 18.7. The number of thioether (sulfide) groups is 2. The van der Waals surface area contributed by atoms with E-state index in [2.05, 4.69) is 14.8 Å². The first-order chi connectivity index (χ1) is 12.5. The number of carbonyl (C=O) groups is 1. The van der Waals surface area contributed by atoms with Crippen LogP contribution in [0.5, 0.6) is 0 Å². The Morgan fingerprint density at radius 1 is 1.19 bits per heavy atom. The molecule has 2 heterocycles. The maximum Gasteiger partial charge on any atom is 0.175 e. The van der Waals surface area contributed by atoms with Gasteiger partial charge in [0.2, 0.25) is 0 Å². The van der Waals surface area contributed by atoms with Crippen LogP contribution in [0.1, 0.15) is 27.3 Å². The van der Waals surface area contributed by atoms with Gasteiger partial charge in [0.25, 0.3) is 0 Å². The SMILES string of the molecule is CSc1nnc(SCC(=O)c2cc(C)n(Cc3ccc(F)cc3)c2C)s1. The molecule has 2 aromatic heterocycles. The van der Waals surface area contributed by atoms with E-state index in [9.17, 15) is 9.18 Å². The number of Topliss-reactive ketones (excluding diaryl/α,β-unsaturated/α-hetero) is 1. The van der Waals surface area contributed by atoms with Gasteiger partial charge in [0.15, 0.2) is 14.5 Å². The van der Waals surface area contributed by atoms with Gasteiger partial charge in [-0.2, -0.15) is 0 Å². The molecule has 0 saturated carbocycles. The standard InChI is InChI=1S/C18H18FN3OS3/c1-11-8-15(16(23)10-25-18-21-20-17(24-3)26-18)12(2)22(11)9-13-4-6-14(19)7-5-13/h4-8H,9-10H2,1-3H3. The monoisotopic (exact) mass is 407 g/mol. The summed E-state index contributed by atoms with van der Waals surface area (Å²) in [7, 11) is 0. The van der Waals surface area contributed by atoms with Crippen molar-refractivity contribution < 1.29 is 9.18 Å². The first kappa shape index (κ1) is 19.1. The number of benzene rings is 1. The van der Waals surface area contributed by atoms with Crippen LogP contribution in [0, 0.1) is 19.7 Å². The van der Waals surface area contributed by atoms with Gasteiger partial charge in [-0.25, -0.2) is 4.39 Å². The summed E-state index contributed by atoms with van der Waals surface area (Å²) in [5, 5.41) is 8.13. The Morgan fingerprint density at radius 2 is 1.88 bits per heavy atom. The molecule has 0 aliphatic rings. The molecule has 0 bridgehead atoms. The third kappa shape index (κ3) is 4.36. The van der Waals surface area contributed by atoms with Crippen LogP contribution in [0.25, 0.3) is 0 Å². The molecule has 1 aromatic carbocycles. The summed E-state index contributed by atoms with van der Waals surface area (Å²) in [4.78, 5) is 12.6. The Labute approximate surface area is 164 Å². The first-order valence-electron chi connectivity index (χ1n) is 7.92. The summed E-state index contributed by atoms with van der Waals surface area (Å²) in [6, 6.07) is 8.37. The van der Waals surface area contributed by atoms with E-state index in [0.29, 0.717) is 12.3 Å². The smallest absolute Gasteiger partial charge is 0.175 e. The normalized spacial score (nSPS) is 11.1. The van der Waals surface area contributed by atoms with Crippen LogP contribution in [0.4, 0.5) is 4.39 Å². The fourth-order valence-corrected chi connectivity index (χ4v) is 4.96. The lowest BCUT2D eigenvalue weighted by molar-refractivity contribution is 0.102. The molecule has 0 saturated heterocycles. The van der Waals surface area contributed by atoms with Crippen LogP contribution in [0.2, 0.25) is 0 Å². The molecule has 3 rings (SSSR count). The molecule has 3 aromatic rings. The van der Waals surface area contributed by atoms with Crippen molar-refractivity contribution in [1.82, 2.24) is 14.8 Å². The van der Waals surface area contributed by atoms with Crippen LogP contribution >= 0.6 is 34.9 Å². The molecular formula is C18H18FN3OS3. The maximum absolute atomic E-state index is 13.1. The van der Waals surface area contributed by atoms with E-state index in [0.717, 1.165) is 31.2 Å². The summed E-state index contributed by atoms with van der Waals surface area (Å²) in [6.07, 6.45) is 1.95. The molecule has 0 aliphatic carbocycles. The van der Waals surface area contributed by atoms with Crippen molar-refractivity contribution in [2.45, 2.75) is 29.1 Å². The molecule has 0 fully saturated rings. The van der Waals surface area contributed by atoms with Crippen LogP contribution in [-0.4, -0.2) is 32.6 Å². The second-order valence-electron chi connectivity index (χ2n) is 5.75. The Balaban J connectivity index is 1.71. The van der Waals surface area contributed by atoms with E-state index in [-0.39, 0.29) is 11.6 Å². The Hall–Kier alpha value is -1.64. The second kappa shape index (κ2) is 8.37. The molecule has 0 spiro atoms. The molecule has 8 heteroatoms. The third-order valence-electron chi connectivity index (χ3n) is 4.02. The average Bonchev–Trinajstić information content (AvgIpc) is 3.21. The zero-order valence-corrected chi connectivity index (χ0v) is 17.1. The van der Waals surface area contributed by atoms with E-state index in [1.807, 2.05) is 26.2 Å². The summed E-state index contributed by atoms with van der Waals surface area (Å²) in [6.45, 7) is 4.55. The highest BCUT2D eigenvalue weighted by atomic mass is 32.2. The minimum atomic E-state index is -0.246. The quantitative estimate of drug-likeness (QED) is 0.414. The number of ketones is 1. The zero-order valence-electron chi connectivity index (χ0n) is 14.7. The Morgan fingerprint density at radius 3 is 2.54 bits per heavy atom. The fraction of sp³-hybridized carbons (Fsp3) is 0.278. The number of halogens is 1. The number of aromatic nitrogens is 3. The largest absolute Gasteiger partial charge is 0.344 e. The van der Waals surface area contributed by atoms with Crippen molar-refractivity contribution in [3.8, 4) is 0 Å². The number of hydrogen-bond acceptors (Lipinski definition) is 6. The Bertz CT molecular complexity index is 918. The summed E-state index contributed by atoms with van der Waals surface area (Å²) >= 11 is 4.47. The van der Waals surface area contributed by atoms with E-state index < -0.39 is 0 Å². The minimum absolute atomic E-state index is 0.0781. The summed E-state index contributed by atoms with van der Waals surface area (Å²) in [5.41, 5.74) is 3.67. The molecule has 0 N–H and O–H groups in total. The van der Waals surface area contributed by atoms with Crippen molar-refractivity contribution in [1.29, 1.82) is 0 Å². The van der Waals surface area contributed by atoms with Gasteiger partial charge in [0.1, 0.15) is 5.82 Å². The summed E-state index contributed by atoms with van der Waals surface area (Å²) < 4.78 is 16.9. The van der Waals surface area contributed by atoms with Crippen LogP contribution in [0.15, 0.2) is 39.0 Å². The van der Waals surface area contributed by atoms with Gasteiger partial charge in [-0.05, 0) is 43.9 Å². The molecular weight excluding hydrogens is 389 g/mol. The molecule has 4 nitrogen and oxygen atoms in total. The number of aryl methyl sites for hydroxylation is 1. The van der Waals surface area contributed by atoms with Crippen LogP contribution in [-0.2, 0) is 6.54 Å². The lowest BCUT2D eigenvalue weighted by Crippen LogP contribution is -2.07. The van der Waals surface area contributed by atoms with Crippen molar-refractivity contribution in [3.63, 3.8) is 0 Å². The molecule has 0 aliphatic heterocycles. The highest BCUT2D eigenvalue weighted by Gasteiger charge is 2.17. The molecule has 26 heavy (non-hydrogen) atoms. The van der Waals surface area contributed by atoms with E-state index in [1.54, 1.807) is 23.9 Å². The number of carbonyl (C=O) groups excluding carboxylic acids is 1. The number of hydrogen-bond donors (Lipinski definition) is 0. The highest BCUT2D eigenvalue weighted by molar-refractivity contribution is 8.03. The maximum atomic E-state index is 13.1. The fourth-order valence-electron chi connectivity index (χ4n) is 2.64. The van der Waals surface area contributed by atoms with Gasteiger partial charge < -0.3 is 4.57 Å². The first-order valence-corrected chi connectivity index (χ1v) is 10.9. The van der Waals surface area contributed by atoms with Gasteiger partial charge in [-0.15, -0.1) is 10.2 Å². The number of rotatable bonds is 7. The summed E-state index contributed by atoms with van der Waals surface area (Å²) in [5.74, 6) is 0.169. The molecule has 0 amide bonds. The molecule has 0 atom stereocenters. The predicted molar refractivity (Wildman–Crippen MR) is 106 cm³/mol. The van der Waals surface area contributed by atoms with Gasteiger partial charge in [-0.1, -0.05) is 47.0 Å². The van der Waals surface area contributed by atoms with E-state index in [4.69, 9.17) is 0 Å². The van der Waals surface area contributed by atoms with E-state index in [1.165, 1.54) is 35.2 Å². The van der Waals surface area contributed by atoms with Gasteiger partial charge in [0.05, 0.1) is 5.75 Å². The van der Waals surface area contributed by atoms with Crippen molar-refractivity contribution in [2.75, 3.05) is 12.0 Å². The topological polar surface area (TPSA) is 47.8 Å². The predicted octanol–water partition coefficient (Wildman–Crippen LogP) is 4.84. The third-order valence-corrected chi connectivity index (χ3v) is 7.05. The molecule has 136 valence electrons. The Kier molecular flexibility index (Phi) is 6.16. The van der Waals surface area contributed by atoms with Crippen molar-refractivity contribution >= 4 is 40.6 Å². The molecule has 0 radical (unpaired) electrons. The van der Waals surface area contributed by atoms with E-state index >= 15 is 0 Å². The lowest BCUT2D eigenvalue weighted by Gasteiger charge is -2.10. The minimum Gasteiger partial charge on any atom is -0.344 e. The highest BCUT2D eigenvalue weighted by Crippen LogP contribution is 2.28. The van der Waals surface area contributed by atoms with Crippen molar-refractivity contribution in [3.05, 3.63) is 58.7 Å². The van der Waals surface area contributed by atoms with Crippen LogP contribution < -0.4 is 0 Å². The van der Waals surface area contributed by atoms with Gasteiger partial charge >= 0.3 is 0 Å². The van der Waals surface area contributed by atoms with Gasteiger partial charge in [0, 0.05) is 23.5 Å². The molecule has 0 unspecified atom stereocenters. The van der Waals surface area contributed by atoms with Gasteiger partial charge in [-0.3, -0.25) is 4.79 Å². The van der Waals surface area contributed by atoms with Crippen LogP contribution in [0.3, 0.4) is 0 Å². The second-order valence-corrected chi connectivity index (χ2v) is 9.00. The lowest BCUT2D eigenvalue weighted by atomic mass is 10.2. The number of nitrogens with zero attached hydrogens (tertiary/aromatic N) is 3.